The van der Waals surface area contributed by atoms with Crippen LogP contribution >= 0.6 is 0 Å². The first-order valence-corrected chi connectivity index (χ1v) is 5.28. The molecule has 0 radical (unpaired) electrons. The van der Waals surface area contributed by atoms with Crippen molar-refractivity contribution in [3.05, 3.63) is 64.0 Å². The number of carbonyl (C=O) groups is 1. The maximum Gasteiger partial charge on any atom is 0.270 e. The van der Waals surface area contributed by atoms with E-state index in [0.29, 0.717) is 6.29 Å². The van der Waals surface area contributed by atoms with Gasteiger partial charge in [0.25, 0.3) is 5.69 Å². The Kier molecular flexibility index (Phi) is 3.51. The molecule has 0 amide bonds. The number of non-ortho nitro benzene ring substituents is 1. The standard InChI is InChI=1S/C13H8FNO4/c14-11-3-1-2-4-13(11)19-12-6-5-10(15(17)18)7-9(12)8-16/h1-8H. The molecular weight excluding hydrogens is 253 g/mol. The minimum absolute atomic E-state index is 0.0162. The summed E-state index contributed by atoms with van der Waals surface area (Å²) in [6, 6.07) is 9.19. The summed E-state index contributed by atoms with van der Waals surface area (Å²) in [5, 5.41) is 10.6. The number of rotatable bonds is 4. The number of para-hydroxylation sites is 1. The van der Waals surface area contributed by atoms with Crippen molar-refractivity contribution in [1.82, 2.24) is 0 Å². The van der Waals surface area contributed by atoms with Crippen molar-refractivity contribution in [2.45, 2.75) is 0 Å². The largest absolute Gasteiger partial charge is 0.454 e. The fourth-order valence-electron chi connectivity index (χ4n) is 1.48. The second-order valence-corrected chi connectivity index (χ2v) is 3.63. The predicted octanol–water partition coefficient (Wildman–Crippen LogP) is 3.34. The van der Waals surface area contributed by atoms with E-state index in [-0.39, 0.29) is 22.7 Å². The monoisotopic (exact) mass is 261 g/mol. The lowest BCUT2D eigenvalue weighted by Gasteiger charge is -2.08. The Balaban J connectivity index is 2.38. The summed E-state index contributed by atoms with van der Waals surface area (Å²) in [5.74, 6) is -0.581. The molecule has 0 aliphatic carbocycles. The molecule has 0 fully saturated rings. The number of nitro benzene ring substituents is 1. The van der Waals surface area contributed by atoms with Crippen LogP contribution in [0.3, 0.4) is 0 Å². The van der Waals surface area contributed by atoms with Crippen LogP contribution in [0.1, 0.15) is 10.4 Å². The lowest BCUT2D eigenvalue weighted by molar-refractivity contribution is -0.384. The van der Waals surface area contributed by atoms with Crippen molar-refractivity contribution in [3.8, 4) is 11.5 Å². The zero-order valence-electron chi connectivity index (χ0n) is 9.58. The summed E-state index contributed by atoms with van der Waals surface area (Å²) in [4.78, 5) is 20.8. The van der Waals surface area contributed by atoms with E-state index in [1.807, 2.05) is 0 Å². The van der Waals surface area contributed by atoms with Crippen LogP contribution in [0.2, 0.25) is 0 Å². The van der Waals surface area contributed by atoms with Gasteiger partial charge in [0.2, 0.25) is 0 Å². The van der Waals surface area contributed by atoms with E-state index >= 15 is 0 Å². The van der Waals surface area contributed by atoms with E-state index in [1.54, 1.807) is 6.07 Å². The lowest BCUT2D eigenvalue weighted by Crippen LogP contribution is -1.95. The molecule has 0 aromatic heterocycles. The van der Waals surface area contributed by atoms with Gasteiger partial charge in [-0.05, 0) is 18.2 Å². The molecule has 0 heterocycles. The maximum absolute atomic E-state index is 13.4. The number of nitro groups is 1. The molecule has 0 saturated heterocycles. The smallest absolute Gasteiger partial charge is 0.270 e. The average molecular weight is 261 g/mol. The third-order valence-corrected chi connectivity index (χ3v) is 2.39. The van der Waals surface area contributed by atoms with Gasteiger partial charge in [0.1, 0.15) is 5.75 Å². The third kappa shape index (κ3) is 2.74. The topological polar surface area (TPSA) is 69.4 Å². The second kappa shape index (κ2) is 5.26. The Morgan fingerprint density at radius 2 is 1.89 bits per heavy atom. The molecule has 0 aliphatic rings. The molecule has 96 valence electrons. The molecule has 2 rings (SSSR count). The van der Waals surface area contributed by atoms with Crippen molar-refractivity contribution in [3.63, 3.8) is 0 Å². The van der Waals surface area contributed by atoms with Gasteiger partial charge in [0.15, 0.2) is 17.9 Å². The zero-order chi connectivity index (χ0) is 13.8. The number of carbonyl (C=O) groups excluding carboxylic acids is 1. The summed E-state index contributed by atoms with van der Waals surface area (Å²) in [6.45, 7) is 0. The van der Waals surface area contributed by atoms with E-state index < -0.39 is 10.7 Å². The Hall–Kier alpha value is -2.76. The number of ether oxygens (including phenoxy) is 1. The number of hydrogen-bond acceptors (Lipinski definition) is 4. The lowest BCUT2D eigenvalue weighted by atomic mass is 10.2. The van der Waals surface area contributed by atoms with Crippen molar-refractivity contribution in [2.75, 3.05) is 0 Å². The van der Waals surface area contributed by atoms with Gasteiger partial charge in [-0.1, -0.05) is 12.1 Å². The number of nitrogens with zero attached hydrogens (tertiary/aromatic N) is 1. The van der Waals surface area contributed by atoms with Gasteiger partial charge in [0, 0.05) is 12.1 Å². The average Bonchev–Trinajstić information content (AvgIpc) is 2.41. The first kappa shape index (κ1) is 12.7. The first-order valence-electron chi connectivity index (χ1n) is 5.28. The molecule has 19 heavy (non-hydrogen) atoms. The van der Waals surface area contributed by atoms with Gasteiger partial charge in [-0.15, -0.1) is 0 Å². The van der Waals surface area contributed by atoms with Crippen LogP contribution in [0, 0.1) is 15.9 Å². The van der Waals surface area contributed by atoms with Gasteiger partial charge >= 0.3 is 0 Å². The van der Waals surface area contributed by atoms with Crippen LogP contribution in [0.4, 0.5) is 10.1 Å². The second-order valence-electron chi connectivity index (χ2n) is 3.63. The van der Waals surface area contributed by atoms with E-state index in [4.69, 9.17) is 4.74 Å². The molecule has 0 aliphatic heterocycles. The summed E-state index contributed by atoms with van der Waals surface area (Å²) in [6.07, 6.45) is 0.420. The third-order valence-electron chi connectivity index (χ3n) is 2.39. The van der Waals surface area contributed by atoms with Gasteiger partial charge < -0.3 is 4.74 Å². The Morgan fingerprint density at radius 1 is 1.16 bits per heavy atom. The fraction of sp³-hybridized carbons (Fsp3) is 0. The molecule has 0 spiro atoms. The normalized spacial score (nSPS) is 9.95. The summed E-state index contributed by atoms with van der Waals surface area (Å²) in [5.41, 5.74) is -0.250. The van der Waals surface area contributed by atoms with E-state index in [2.05, 4.69) is 0 Å². The van der Waals surface area contributed by atoms with Crippen LogP contribution in [-0.2, 0) is 0 Å². The molecule has 0 N–H and O–H groups in total. The molecule has 2 aromatic rings. The molecule has 0 saturated carbocycles. The molecule has 6 heteroatoms. The minimum atomic E-state index is -0.625. The van der Waals surface area contributed by atoms with Crippen molar-refractivity contribution in [1.29, 1.82) is 0 Å². The zero-order valence-corrected chi connectivity index (χ0v) is 9.58. The minimum Gasteiger partial charge on any atom is -0.454 e. The maximum atomic E-state index is 13.4. The highest BCUT2D eigenvalue weighted by Crippen LogP contribution is 2.29. The van der Waals surface area contributed by atoms with Gasteiger partial charge in [-0.2, -0.15) is 0 Å². The molecule has 0 atom stereocenters. The van der Waals surface area contributed by atoms with Crippen molar-refractivity contribution >= 4 is 12.0 Å². The summed E-state index contributed by atoms with van der Waals surface area (Å²) >= 11 is 0. The van der Waals surface area contributed by atoms with Crippen LogP contribution in [0.25, 0.3) is 0 Å². The van der Waals surface area contributed by atoms with Gasteiger partial charge in [0.05, 0.1) is 10.5 Å². The number of halogens is 1. The van der Waals surface area contributed by atoms with Crippen molar-refractivity contribution < 1.29 is 18.8 Å². The number of hydrogen-bond donors (Lipinski definition) is 0. The Morgan fingerprint density at radius 3 is 2.53 bits per heavy atom. The molecule has 0 unspecified atom stereocenters. The summed E-state index contributed by atoms with van der Waals surface area (Å²) < 4.78 is 18.6. The van der Waals surface area contributed by atoms with Crippen LogP contribution in [-0.4, -0.2) is 11.2 Å². The number of benzene rings is 2. The van der Waals surface area contributed by atoms with E-state index in [9.17, 15) is 19.3 Å². The van der Waals surface area contributed by atoms with E-state index in [1.165, 1.54) is 30.3 Å². The fourth-order valence-corrected chi connectivity index (χ4v) is 1.48. The molecule has 0 bridgehead atoms. The van der Waals surface area contributed by atoms with E-state index in [0.717, 1.165) is 6.07 Å². The Labute approximate surface area is 107 Å². The number of aldehydes is 1. The van der Waals surface area contributed by atoms with Gasteiger partial charge in [-0.3, -0.25) is 14.9 Å². The predicted molar refractivity (Wildman–Crippen MR) is 65.0 cm³/mol. The molecular formula is C13H8FNO4. The van der Waals surface area contributed by atoms with Gasteiger partial charge in [-0.25, -0.2) is 4.39 Å². The highest BCUT2D eigenvalue weighted by molar-refractivity contribution is 5.80. The quantitative estimate of drug-likeness (QED) is 0.480. The molecule has 5 nitrogen and oxygen atoms in total. The van der Waals surface area contributed by atoms with Crippen LogP contribution < -0.4 is 4.74 Å². The first-order chi connectivity index (χ1) is 9.11. The summed E-state index contributed by atoms with van der Waals surface area (Å²) in [7, 11) is 0. The molecule has 2 aromatic carbocycles. The van der Waals surface area contributed by atoms with Crippen LogP contribution in [0.15, 0.2) is 42.5 Å². The Bertz CT molecular complexity index is 642. The highest BCUT2D eigenvalue weighted by Gasteiger charge is 2.13. The highest BCUT2D eigenvalue weighted by atomic mass is 19.1. The van der Waals surface area contributed by atoms with Crippen molar-refractivity contribution in [2.24, 2.45) is 0 Å². The van der Waals surface area contributed by atoms with Crippen LogP contribution in [0.5, 0.6) is 11.5 Å². The SMILES string of the molecule is O=Cc1cc([N+](=O)[O-])ccc1Oc1ccccc1F.